The van der Waals surface area contributed by atoms with E-state index in [-0.39, 0.29) is 18.3 Å². The Kier molecular flexibility index (Phi) is 3.96. The van der Waals surface area contributed by atoms with Gasteiger partial charge in [-0.3, -0.25) is 4.79 Å². The smallest absolute Gasteiger partial charge is 0.264 e. The first-order valence-electron chi connectivity index (χ1n) is 6.36. The Labute approximate surface area is 143 Å². The van der Waals surface area contributed by atoms with Crippen LogP contribution in [0.15, 0.2) is 21.4 Å². The molecule has 0 saturated carbocycles. The number of aromatic amines is 1. The van der Waals surface area contributed by atoms with E-state index in [0.29, 0.717) is 20.9 Å². The van der Waals surface area contributed by atoms with Gasteiger partial charge in [0.15, 0.2) is 11.5 Å². The molecule has 2 aromatic rings. The van der Waals surface area contributed by atoms with Crippen molar-refractivity contribution in [2.24, 2.45) is 0 Å². The Morgan fingerprint density at radius 3 is 2.86 bits per heavy atom. The van der Waals surface area contributed by atoms with Crippen LogP contribution >= 0.6 is 38.5 Å². The minimum atomic E-state index is -0.127. The summed E-state index contributed by atoms with van der Waals surface area (Å²) in [5, 5.41) is 0. The molecule has 7 heteroatoms. The minimum absolute atomic E-state index is 0.127. The first kappa shape index (κ1) is 14.8. The lowest BCUT2D eigenvalue weighted by molar-refractivity contribution is 0.173. The van der Waals surface area contributed by atoms with Crippen LogP contribution in [0.5, 0.6) is 11.5 Å². The number of benzene rings is 1. The van der Waals surface area contributed by atoms with Gasteiger partial charge in [0.2, 0.25) is 6.79 Å². The molecule has 0 unspecified atom stereocenters. The van der Waals surface area contributed by atoms with Crippen LogP contribution in [-0.4, -0.2) is 16.8 Å². The van der Waals surface area contributed by atoms with E-state index in [1.165, 1.54) is 0 Å². The molecule has 0 spiro atoms. The Bertz CT molecular complexity index is 774. The van der Waals surface area contributed by atoms with Gasteiger partial charge in [-0.1, -0.05) is 13.8 Å². The molecule has 1 N–H and O–H groups in total. The van der Waals surface area contributed by atoms with Crippen molar-refractivity contribution in [3.05, 3.63) is 36.2 Å². The second kappa shape index (κ2) is 5.60. The molecule has 5 nitrogen and oxygen atoms in total. The maximum atomic E-state index is 12.1. The molecule has 0 saturated heterocycles. The SMILES string of the molecule is CC(C)c1nc(-c2cc(Br)c3c(c2)OCO3)[nH]c(=O)c1I. The maximum Gasteiger partial charge on any atom is 0.264 e. The molecule has 110 valence electrons. The lowest BCUT2D eigenvalue weighted by Crippen LogP contribution is -2.17. The molecule has 0 radical (unpaired) electrons. The molecule has 1 aliphatic heterocycles. The summed E-state index contributed by atoms with van der Waals surface area (Å²) in [7, 11) is 0. The average molecular weight is 463 g/mol. The van der Waals surface area contributed by atoms with Crippen LogP contribution in [0, 0.1) is 3.57 Å². The number of halogens is 2. The summed E-state index contributed by atoms with van der Waals surface area (Å²) < 4.78 is 12.2. The molecule has 2 heterocycles. The highest BCUT2D eigenvalue weighted by Gasteiger charge is 2.20. The van der Waals surface area contributed by atoms with E-state index in [4.69, 9.17) is 9.47 Å². The van der Waals surface area contributed by atoms with E-state index in [1.54, 1.807) is 0 Å². The molecule has 3 rings (SSSR count). The molecular weight excluding hydrogens is 451 g/mol. The van der Waals surface area contributed by atoms with Crippen molar-refractivity contribution in [2.45, 2.75) is 19.8 Å². The Hall–Kier alpha value is -1.09. The topological polar surface area (TPSA) is 64.2 Å². The normalized spacial score (nSPS) is 13.0. The van der Waals surface area contributed by atoms with Crippen molar-refractivity contribution in [2.75, 3.05) is 6.79 Å². The second-order valence-electron chi connectivity index (χ2n) is 4.96. The van der Waals surface area contributed by atoms with E-state index in [9.17, 15) is 4.79 Å². The van der Waals surface area contributed by atoms with Crippen LogP contribution < -0.4 is 15.0 Å². The zero-order chi connectivity index (χ0) is 15.1. The molecule has 1 aliphatic rings. The summed E-state index contributed by atoms with van der Waals surface area (Å²) in [6.45, 7) is 4.23. The van der Waals surface area contributed by atoms with Crippen molar-refractivity contribution in [1.29, 1.82) is 0 Å². The quantitative estimate of drug-likeness (QED) is 0.692. The van der Waals surface area contributed by atoms with Crippen LogP contribution in [0.4, 0.5) is 0 Å². The van der Waals surface area contributed by atoms with Gasteiger partial charge in [-0.2, -0.15) is 0 Å². The number of fused-ring (bicyclic) bond motifs is 1. The Morgan fingerprint density at radius 2 is 2.14 bits per heavy atom. The first-order chi connectivity index (χ1) is 9.97. The van der Waals surface area contributed by atoms with Gasteiger partial charge in [0.25, 0.3) is 5.56 Å². The molecular formula is C14H12BrIN2O3. The van der Waals surface area contributed by atoms with Crippen molar-refractivity contribution in [3.63, 3.8) is 0 Å². The van der Waals surface area contributed by atoms with Gasteiger partial charge in [-0.15, -0.1) is 0 Å². The van der Waals surface area contributed by atoms with E-state index < -0.39 is 0 Å². The number of rotatable bonds is 2. The Morgan fingerprint density at radius 1 is 1.38 bits per heavy atom. The van der Waals surface area contributed by atoms with Crippen LogP contribution in [0.25, 0.3) is 11.4 Å². The molecule has 0 bridgehead atoms. The molecule has 0 atom stereocenters. The fourth-order valence-electron chi connectivity index (χ4n) is 2.10. The van der Waals surface area contributed by atoms with Gasteiger partial charge in [0, 0.05) is 5.56 Å². The summed E-state index contributed by atoms with van der Waals surface area (Å²) in [6.07, 6.45) is 0. The number of nitrogens with zero attached hydrogens (tertiary/aromatic N) is 1. The lowest BCUT2D eigenvalue weighted by atomic mass is 10.1. The van der Waals surface area contributed by atoms with Crippen LogP contribution in [0.3, 0.4) is 0 Å². The standard InChI is InChI=1S/C14H12BrIN2O3/c1-6(2)11-10(16)14(19)18-13(17-11)7-3-8(15)12-9(4-7)20-5-21-12/h3-4,6H,5H2,1-2H3,(H,17,18,19). The molecule has 1 aromatic carbocycles. The molecule has 0 aliphatic carbocycles. The van der Waals surface area contributed by atoms with Crippen LogP contribution in [0.2, 0.25) is 0 Å². The monoisotopic (exact) mass is 462 g/mol. The van der Waals surface area contributed by atoms with E-state index in [1.807, 2.05) is 48.6 Å². The largest absolute Gasteiger partial charge is 0.454 e. The van der Waals surface area contributed by atoms with Crippen molar-refractivity contribution in [3.8, 4) is 22.9 Å². The second-order valence-corrected chi connectivity index (χ2v) is 6.89. The number of H-pyrrole nitrogens is 1. The van der Waals surface area contributed by atoms with E-state index in [0.717, 1.165) is 15.7 Å². The number of ether oxygens (including phenoxy) is 2. The molecule has 0 fully saturated rings. The predicted molar refractivity (Wildman–Crippen MR) is 90.9 cm³/mol. The van der Waals surface area contributed by atoms with Gasteiger partial charge in [-0.25, -0.2) is 4.98 Å². The summed E-state index contributed by atoms with van der Waals surface area (Å²) in [4.78, 5) is 19.5. The van der Waals surface area contributed by atoms with Crippen LogP contribution in [-0.2, 0) is 0 Å². The van der Waals surface area contributed by atoms with Gasteiger partial charge < -0.3 is 14.5 Å². The van der Waals surface area contributed by atoms with Gasteiger partial charge >= 0.3 is 0 Å². The number of nitrogens with one attached hydrogen (secondary N) is 1. The highest BCUT2D eigenvalue weighted by molar-refractivity contribution is 14.1. The fraction of sp³-hybridized carbons (Fsp3) is 0.286. The number of aromatic nitrogens is 2. The predicted octanol–water partition coefficient (Wildman–Crippen LogP) is 3.66. The minimum Gasteiger partial charge on any atom is -0.454 e. The van der Waals surface area contributed by atoms with Gasteiger partial charge in [0.05, 0.1) is 13.7 Å². The summed E-state index contributed by atoms with van der Waals surface area (Å²) >= 11 is 5.48. The zero-order valence-electron chi connectivity index (χ0n) is 11.4. The third kappa shape index (κ3) is 2.68. The van der Waals surface area contributed by atoms with Crippen molar-refractivity contribution < 1.29 is 9.47 Å². The fourth-order valence-corrected chi connectivity index (χ4v) is 3.53. The summed E-state index contributed by atoms with van der Waals surface area (Å²) in [5.41, 5.74) is 1.45. The average Bonchev–Trinajstić information content (AvgIpc) is 2.90. The summed E-state index contributed by atoms with van der Waals surface area (Å²) in [5.74, 6) is 2.03. The third-order valence-electron chi connectivity index (χ3n) is 3.14. The van der Waals surface area contributed by atoms with Crippen LogP contribution in [0.1, 0.15) is 25.5 Å². The lowest BCUT2D eigenvalue weighted by Gasteiger charge is -2.10. The van der Waals surface area contributed by atoms with Gasteiger partial charge in [-0.05, 0) is 56.6 Å². The molecule has 21 heavy (non-hydrogen) atoms. The summed E-state index contributed by atoms with van der Waals surface area (Å²) in [6, 6.07) is 3.69. The van der Waals surface area contributed by atoms with Crippen molar-refractivity contribution in [1.82, 2.24) is 9.97 Å². The Balaban J connectivity index is 2.17. The maximum absolute atomic E-state index is 12.1. The van der Waals surface area contributed by atoms with Gasteiger partial charge in [0.1, 0.15) is 5.82 Å². The number of hydrogen-bond donors (Lipinski definition) is 1. The van der Waals surface area contributed by atoms with E-state index in [2.05, 4.69) is 25.9 Å². The number of hydrogen-bond acceptors (Lipinski definition) is 4. The highest BCUT2D eigenvalue weighted by atomic mass is 127. The van der Waals surface area contributed by atoms with Crippen molar-refractivity contribution >= 4 is 38.5 Å². The zero-order valence-corrected chi connectivity index (χ0v) is 15.1. The highest BCUT2D eigenvalue weighted by Crippen LogP contribution is 2.41. The molecule has 1 aromatic heterocycles. The molecule has 0 amide bonds. The first-order valence-corrected chi connectivity index (χ1v) is 8.23. The third-order valence-corrected chi connectivity index (χ3v) is 4.77. The van der Waals surface area contributed by atoms with E-state index >= 15 is 0 Å².